The minimum Gasteiger partial charge on any atom is -0.378 e. The summed E-state index contributed by atoms with van der Waals surface area (Å²) in [7, 11) is 0. The van der Waals surface area contributed by atoms with Crippen molar-refractivity contribution in [3.8, 4) is 0 Å². The Hall–Kier alpha value is -0.120. The van der Waals surface area contributed by atoms with Crippen LogP contribution in [0.5, 0.6) is 0 Å². The Kier molecular flexibility index (Phi) is 4.50. The van der Waals surface area contributed by atoms with E-state index in [2.05, 4.69) is 0 Å². The molecule has 1 saturated carbocycles. The fourth-order valence-corrected chi connectivity index (χ4v) is 0.997. The van der Waals surface area contributed by atoms with Crippen LogP contribution in [0.2, 0.25) is 0 Å². The molecule has 0 aromatic heterocycles. The summed E-state index contributed by atoms with van der Waals surface area (Å²) in [5.41, 5.74) is 5.24. The molecule has 0 aromatic rings. The third-order valence-electron chi connectivity index (χ3n) is 1.90. The summed E-state index contributed by atoms with van der Waals surface area (Å²) < 4.78 is 10.6. The van der Waals surface area contributed by atoms with Crippen LogP contribution in [-0.4, -0.2) is 32.5 Å². The average Bonchev–Trinajstić information content (AvgIpc) is 1.93. The molecule has 1 aliphatic rings. The van der Waals surface area contributed by atoms with Crippen LogP contribution in [0.1, 0.15) is 19.3 Å². The second kappa shape index (κ2) is 5.52. The van der Waals surface area contributed by atoms with E-state index in [1.54, 1.807) is 0 Å². The summed E-state index contributed by atoms with van der Waals surface area (Å²) in [5.74, 6) is 0. The van der Waals surface area contributed by atoms with Gasteiger partial charge >= 0.3 is 0 Å². The highest BCUT2D eigenvalue weighted by atomic mass is 16.5. The minimum atomic E-state index is 0.525. The van der Waals surface area contributed by atoms with Crippen molar-refractivity contribution < 1.29 is 9.47 Å². The van der Waals surface area contributed by atoms with Gasteiger partial charge in [-0.15, -0.1) is 0 Å². The van der Waals surface area contributed by atoms with Crippen molar-refractivity contribution in [3.63, 3.8) is 0 Å². The van der Waals surface area contributed by atoms with Gasteiger partial charge in [-0.25, -0.2) is 0 Å². The predicted molar refractivity (Wildman–Crippen MR) is 43.5 cm³/mol. The van der Waals surface area contributed by atoms with Gasteiger partial charge in [-0.2, -0.15) is 0 Å². The highest BCUT2D eigenvalue weighted by Crippen LogP contribution is 2.21. The number of hydrogen-bond donors (Lipinski definition) is 1. The molecule has 66 valence electrons. The normalized spacial score (nSPS) is 18.3. The molecule has 1 fully saturated rings. The molecule has 11 heavy (non-hydrogen) atoms. The Morgan fingerprint density at radius 1 is 1.18 bits per heavy atom. The second-order valence-electron chi connectivity index (χ2n) is 2.82. The third kappa shape index (κ3) is 3.70. The van der Waals surface area contributed by atoms with Gasteiger partial charge in [0.15, 0.2) is 0 Å². The van der Waals surface area contributed by atoms with E-state index < -0.39 is 0 Å². The van der Waals surface area contributed by atoms with E-state index in [1.807, 2.05) is 0 Å². The van der Waals surface area contributed by atoms with Crippen molar-refractivity contribution in [2.24, 2.45) is 5.73 Å². The third-order valence-corrected chi connectivity index (χ3v) is 1.90. The van der Waals surface area contributed by atoms with Crippen LogP contribution >= 0.6 is 0 Å². The Balaban J connectivity index is 1.73. The molecule has 0 amide bonds. The van der Waals surface area contributed by atoms with E-state index in [1.165, 1.54) is 19.3 Å². The van der Waals surface area contributed by atoms with E-state index in [0.29, 0.717) is 25.9 Å². The maximum absolute atomic E-state index is 5.46. The van der Waals surface area contributed by atoms with E-state index in [-0.39, 0.29) is 0 Å². The fraction of sp³-hybridized carbons (Fsp3) is 1.00. The van der Waals surface area contributed by atoms with Gasteiger partial charge in [0.1, 0.15) is 0 Å². The summed E-state index contributed by atoms with van der Waals surface area (Å²) in [6.45, 7) is 2.66. The zero-order valence-corrected chi connectivity index (χ0v) is 6.92. The number of nitrogens with two attached hydrogens (primary N) is 1. The second-order valence-corrected chi connectivity index (χ2v) is 2.82. The van der Waals surface area contributed by atoms with Gasteiger partial charge in [0.25, 0.3) is 0 Å². The molecule has 0 aliphatic heterocycles. The predicted octanol–water partition coefficient (Wildman–Crippen LogP) is 0.531. The summed E-state index contributed by atoms with van der Waals surface area (Å²) in [4.78, 5) is 0. The van der Waals surface area contributed by atoms with Crippen LogP contribution in [-0.2, 0) is 9.47 Å². The highest BCUT2D eigenvalue weighted by Gasteiger charge is 2.16. The lowest BCUT2D eigenvalue weighted by Gasteiger charge is -2.25. The van der Waals surface area contributed by atoms with Crippen LogP contribution in [0.3, 0.4) is 0 Å². The van der Waals surface area contributed by atoms with Crippen LogP contribution in [0, 0.1) is 0 Å². The monoisotopic (exact) mass is 159 g/mol. The smallest absolute Gasteiger partial charge is 0.0704 e. The maximum atomic E-state index is 5.46. The topological polar surface area (TPSA) is 44.5 Å². The van der Waals surface area contributed by atoms with E-state index in [9.17, 15) is 0 Å². The Labute approximate surface area is 67.9 Å². The van der Waals surface area contributed by atoms with Gasteiger partial charge < -0.3 is 15.2 Å². The lowest BCUT2D eigenvalue weighted by atomic mass is 9.96. The molecule has 0 atom stereocenters. The fourth-order valence-electron chi connectivity index (χ4n) is 0.997. The molecule has 2 N–H and O–H groups in total. The Morgan fingerprint density at radius 2 is 2.00 bits per heavy atom. The van der Waals surface area contributed by atoms with Crippen molar-refractivity contribution in [2.45, 2.75) is 25.4 Å². The molecule has 0 unspecified atom stereocenters. The van der Waals surface area contributed by atoms with Crippen LogP contribution in [0.4, 0.5) is 0 Å². The average molecular weight is 159 g/mol. The summed E-state index contributed by atoms with van der Waals surface area (Å²) in [5, 5.41) is 0. The number of hydrogen-bond acceptors (Lipinski definition) is 3. The van der Waals surface area contributed by atoms with Gasteiger partial charge in [-0.05, 0) is 19.3 Å². The van der Waals surface area contributed by atoms with Gasteiger partial charge in [-0.3, -0.25) is 0 Å². The molecule has 0 heterocycles. The lowest BCUT2D eigenvalue weighted by Crippen LogP contribution is -2.23. The van der Waals surface area contributed by atoms with Crippen LogP contribution < -0.4 is 5.73 Å². The molecular weight excluding hydrogens is 142 g/mol. The summed E-state index contributed by atoms with van der Waals surface area (Å²) in [6, 6.07) is 0. The minimum absolute atomic E-state index is 0.525. The van der Waals surface area contributed by atoms with E-state index in [4.69, 9.17) is 15.2 Å². The Bertz CT molecular complexity index is 94.1. The van der Waals surface area contributed by atoms with Crippen molar-refractivity contribution >= 4 is 0 Å². The number of rotatable bonds is 6. The molecule has 0 saturated heterocycles. The first-order valence-electron chi connectivity index (χ1n) is 4.33. The van der Waals surface area contributed by atoms with Gasteiger partial charge in [0.2, 0.25) is 0 Å². The van der Waals surface area contributed by atoms with Crippen molar-refractivity contribution in [2.75, 3.05) is 26.4 Å². The molecule has 1 rings (SSSR count). The highest BCUT2D eigenvalue weighted by molar-refractivity contribution is 4.68. The zero-order chi connectivity index (χ0) is 7.94. The van der Waals surface area contributed by atoms with Crippen molar-refractivity contribution in [1.29, 1.82) is 0 Å². The van der Waals surface area contributed by atoms with Crippen molar-refractivity contribution in [1.82, 2.24) is 0 Å². The Morgan fingerprint density at radius 3 is 2.55 bits per heavy atom. The van der Waals surface area contributed by atoms with Crippen molar-refractivity contribution in [3.05, 3.63) is 0 Å². The lowest BCUT2D eigenvalue weighted by molar-refractivity contribution is -0.0276. The summed E-state index contributed by atoms with van der Waals surface area (Å²) in [6.07, 6.45) is 4.32. The quantitative estimate of drug-likeness (QED) is 0.575. The SMILES string of the molecule is NCCOCCOC1CCC1. The molecule has 0 radical (unpaired) electrons. The van der Waals surface area contributed by atoms with Crippen LogP contribution in [0.15, 0.2) is 0 Å². The first-order valence-corrected chi connectivity index (χ1v) is 4.33. The maximum Gasteiger partial charge on any atom is 0.0704 e. The largest absolute Gasteiger partial charge is 0.378 e. The summed E-state index contributed by atoms with van der Waals surface area (Å²) >= 11 is 0. The molecule has 3 heteroatoms. The molecule has 0 spiro atoms. The standard InChI is InChI=1S/C8H17NO2/c9-4-5-10-6-7-11-8-2-1-3-8/h8H,1-7,9H2. The zero-order valence-electron chi connectivity index (χ0n) is 6.92. The van der Waals surface area contributed by atoms with Gasteiger partial charge in [0.05, 0.1) is 25.9 Å². The van der Waals surface area contributed by atoms with Gasteiger partial charge in [-0.1, -0.05) is 0 Å². The first-order chi connectivity index (χ1) is 5.43. The molecule has 1 aliphatic carbocycles. The van der Waals surface area contributed by atoms with E-state index in [0.717, 1.165) is 6.61 Å². The van der Waals surface area contributed by atoms with Gasteiger partial charge in [0, 0.05) is 6.54 Å². The molecule has 0 aromatic carbocycles. The molecular formula is C8H17NO2. The van der Waals surface area contributed by atoms with E-state index >= 15 is 0 Å². The first kappa shape index (κ1) is 8.97. The molecule has 3 nitrogen and oxygen atoms in total. The molecule has 0 bridgehead atoms. The number of ether oxygens (including phenoxy) is 2. The van der Waals surface area contributed by atoms with Crippen LogP contribution in [0.25, 0.3) is 0 Å².